The predicted molar refractivity (Wildman–Crippen MR) is 97.1 cm³/mol. The van der Waals surface area contributed by atoms with Crippen LogP contribution in [0.1, 0.15) is 46.5 Å². The average Bonchev–Trinajstić information content (AvgIpc) is 2.84. The second-order valence-corrected chi connectivity index (χ2v) is 9.51. The lowest BCUT2D eigenvalue weighted by molar-refractivity contribution is -0.144. The molecule has 0 unspecified atom stereocenters. The van der Waals surface area contributed by atoms with Gasteiger partial charge in [-0.25, -0.2) is 0 Å². The Morgan fingerprint density at radius 1 is 1.35 bits per heavy atom. The maximum Gasteiger partial charge on any atom is 0.199 e. The minimum atomic E-state index is -0.528. The first-order valence-electron chi connectivity index (χ1n) is 9.83. The van der Waals surface area contributed by atoms with Crippen molar-refractivity contribution in [3.8, 4) is 0 Å². The molecular weight excluding hydrogens is 328 g/mol. The number of carbonyl (C=O) groups is 3. The van der Waals surface area contributed by atoms with E-state index in [-0.39, 0.29) is 40.2 Å². The van der Waals surface area contributed by atoms with E-state index < -0.39 is 6.10 Å². The van der Waals surface area contributed by atoms with Crippen LogP contribution in [-0.4, -0.2) is 29.1 Å². The summed E-state index contributed by atoms with van der Waals surface area (Å²) in [6, 6.07) is 0. The van der Waals surface area contributed by atoms with Crippen molar-refractivity contribution in [2.45, 2.75) is 52.6 Å². The first kappa shape index (κ1) is 17.8. The lowest BCUT2D eigenvalue weighted by atomic mass is 9.46. The number of carbonyl (C=O) groups excluding carboxylic acids is 3. The highest BCUT2D eigenvalue weighted by Gasteiger charge is 2.64. The van der Waals surface area contributed by atoms with Crippen molar-refractivity contribution in [2.75, 3.05) is 0 Å². The molecule has 140 valence electrons. The molecule has 4 aliphatic rings. The van der Waals surface area contributed by atoms with Crippen LogP contribution in [0.25, 0.3) is 0 Å². The highest BCUT2D eigenvalue weighted by molar-refractivity contribution is 6.26. The Balaban J connectivity index is 1.75. The fraction of sp³-hybridized carbons (Fsp3) is 0.682. The second-order valence-electron chi connectivity index (χ2n) is 9.51. The number of aliphatic hydroxyl groups excluding tert-OH is 1. The van der Waals surface area contributed by atoms with Gasteiger partial charge in [0.1, 0.15) is 0 Å². The zero-order valence-electron chi connectivity index (χ0n) is 15.8. The molecule has 3 saturated carbocycles. The molecule has 0 amide bonds. The van der Waals surface area contributed by atoms with Crippen LogP contribution in [0.3, 0.4) is 0 Å². The molecule has 0 aromatic heterocycles. The highest BCUT2D eigenvalue weighted by Crippen LogP contribution is 2.67. The zero-order chi connectivity index (χ0) is 18.9. The number of Topliss-reactive ketones (excluding diaryl/α,β-unsaturated/α-hetero) is 1. The number of allylic oxidation sites excluding steroid dienone is 4. The lowest BCUT2D eigenvalue weighted by Crippen LogP contribution is -2.56. The molecule has 0 aromatic rings. The van der Waals surface area contributed by atoms with E-state index in [9.17, 15) is 19.5 Å². The van der Waals surface area contributed by atoms with Gasteiger partial charge in [-0.2, -0.15) is 0 Å². The quantitative estimate of drug-likeness (QED) is 0.610. The van der Waals surface area contributed by atoms with E-state index in [2.05, 4.69) is 20.8 Å². The van der Waals surface area contributed by atoms with Gasteiger partial charge in [0.15, 0.2) is 17.9 Å². The minimum absolute atomic E-state index is 0.0391. The topological polar surface area (TPSA) is 71.4 Å². The van der Waals surface area contributed by atoms with Crippen molar-refractivity contribution in [3.05, 3.63) is 23.8 Å². The zero-order valence-corrected chi connectivity index (χ0v) is 15.8. The Morgan fingerprint density at radius 3 is 2.77 bits per heavy atom. The molecule has 4 nitrogen and oxygen atoms in total. The van der Waals surface area contributed by atoms with Crippen molar-refractivity contribution >= 4 is 17.9 Å². The summed E-state index contributed by atoms with van der Waals surface area (Å²) >= 11 is 0. The van der Waals surface area contributed by atoms with Gasteiger partial charge < -0.3 is 5.11 Å². The summed E-state index contributed by atoms with van der Waals surface area (Å²) in [5.41, 5.74) is 0.539. The van der Waals surface area contributed by atoms with Gasteiger partial charge in [0.25, 0.3) is 0 Å². The van der Waals surface area contributed by atoms with Gasteiger partial charge in [-0.15, -0.1) is 0 Å². The van der Waals surface area contributed by atoms with E-state index in [1.54, 1.807) is 12.2 Å². The summed E-state index contributed by atoms with van der Waals surface area (Å²) in [5, 5.41) is 11.2. The Morgan fingerprint density at radius 2 is 2.08 bits per heavy atom. The van der Waals surface area contributed by atoms with Gasteiger partial charge in [0.05, 0.1) is 6.10 Å². The fourth-order valence-electron chi connectivity index (χ4n) is 7.37. The summed E-state index contributed by atoms with van der Waals surface area (Å²) in [6.07, 6.45) is 8.65. The molecule has 0 saturated heterocycles. The molecule has 4 aliphatic carbocycles. The fourth-order valence-corrected chi connectivity index (χ4v) is 7.37. The molecule has 4 rings (SSSR count). The Bertz CT molecular complexity index is 734. The average molecular weight is 356 g/mol. The number of aliphatic hydroxyl groups is 1. The van der Waals surface area contributed by atoms with Gasteiger partial charge in [-0.1, -0.05) is 32.4 Å². The van der Waals surface area contributed by atoms with E-state index >= 15 is 0 Å². The van der Waals surface area contributed by atoms with Crippen molar-refractivity contribution in [1.82, 2.24) is 0 Å². The van der Waals surface area contributed by atoms with E-state index in [0.717, 1.165) is 24.8 Å². The molecule has 0 heterocycles. The number of aldehydes is 1. The Hall–Kier alpha value is -1.55. The minimum Gasteiger partial charge on any atom is -0.393 e. The third-order valence-electron chi connectivity index (χ3n) is 8.26. The number of rotatable bonds is 2. The van der Waals surface area contributed by atoms with E-state index in [1.807, 2.05) is 6.08 Å². The lowest BCUT2D eigenvalue weighted by Gasteiger charge is -2.58. The summed E-state index contributed by atoms with van der Waals surface area (Å²) < 4.78 is 0. The molecule has 0 radical (unpaired) electrons. The van der Waals surface area contributed by atoms with Crippen molar-refractivity contribution in [1.29, 1.82) is 0 Å². The molecule has 4 heteroatoms. The molecule has 0 aromatic carbocycles. The summed E-state index contributed by atoms with van der Waals surface area (Å²) in [7, 11) is 0. The maximum atomic E-state index is 12.4. The Kier molecular flexibility index (Phi) is 3.93. The molecule has 1 N–H and O–H groups in total. The van der Waals surface area contributed by atoms with Gasteiger partial charge in [0, 0.05) is 17.3 Å². The summed E-state index contributed by atoms with van der Waals surface area (Å²) in [6.45, 7) is 6.34. The smallest absolute Gasteiger partial charge is 0.199 e. The summed E-state index contributed by atoms with van der Waals surface area (Å²) in [5.74, 6) is 0.342. The van der Waals surface area contributed by atoms with Crippen LogP contribution in [0.4, 0.5) is 0 Å². The highest BCUT2D eigenvalue weighted by atomic mass is 16.3. The first-order valence-corrected chi connectivity index (χ1v) is 9.83. The molecule has 8 atom stereocenters. The number of hydrogen-bond donors (Lipinski definition) is 1. The van der Waals surface area contributed by atoms with Crippen LogP contribution in [-0.2, 0) is 14.4 Å². The molecule has 3 fully saturated rings. The van der Waals surface area contributed by atoms with Crippen LogP contribution in [0.15, 0.2) is 23.8 Å². The monoisotopic (exact) mass is 356 g/mol. The van der Waals surface area contributed by atoms with E-state index in [4.69, 9.17) is 0 Å². The van der Waals surface area contributed by atoms with Crippen LogP contribution < -0.4 is 0 Å². The third-order valence-corrected chi connectivity index (χ3v) is 8.26. The SMILES string of the molecule is C[C@@H]1C[C@H]2[C@@H]3CCC4=CC(=O)C=C[C@]4(C)[C@H]3[C@@H](O)C[C@]2(C)[C@H]1C(=O)C=O. The normalized spacial score (nSPS) is 49.7. The van der Waals surface area contributed by atoms with Gasteiger partial charge in [-0.05, 0) is 61.0 Å². The van der Waals surface area contributed by atoms with Crippen LogP contribution >= 0.6 is 0 Å². The number of ketones is 2. The summed E-state index contributed by atoms with van der Waals surface area (Å²) in [4.78, 5) is 35.4. The van der Waals surface area contributed by atoms with Crippen LogP contribution in [0.5, 0.6) is 0 Å². The first-order chi connectivity index (χ1) is 12.2. The van der Waals surface area contributed by atoms with Crippen LogP contribution in [0, 0.1) is 40.4 Å². The third kappa shape index (κ3) is 2.20. The van der Waals surface area contributed by atoms with Gasteiger partial charge in [0.2, 0.25) is 0 Å². The standard InChI is InChI=1S/C22H28O4/c1-12-8-16-15-5-4-13-9-14(24)6-7-21(13,2)20(15)17(25)10-22(16,3)19(12)18(26)11-23/h6-7,9,11-12,15-17,19-20,25H,4-5,8,10H2,1-3H3/t12-,15+,16+,17+,19-,20-,21+,22+/m1/s1. The Labute approximate surface area is 154 Å². The van der Waals surface area contributed by atoms with E-state index in [1.165, 1.54) is 0 Å². The molecular formula is C22H28O4. The molecule has 0 aliphatic heterocycles. The number of fused-ring (bicyclic) bond motifs is 5. The van der Waals surface area contributed by atoms with Crippen molar-refractivity contribution in [3.63, 3.8) is 0 Å². The van der Waals surface area contributed by atoms with Gasteiger partial charge >= 0.3 is 0 Å². The predicted octanol–water partition coefficient (Wildman–Crippen LogP) is 2.90. The van der Waals surface area contributed by atoms with Crippen molar-refractivity contribution < 1.29 is 19.5 Å². The molecule has 26 heavy (non-hydrogen) atoms. The molecule has 0 spiro atoms. The maximum absolute atomic E-state index is 12.4. The number of hydrogen-bond acceptors (Lipinski definition) is 4. The van der Waals surface area contributed by atoms with Crippen molar-refractivity contribution in [2.24, 2.45) is 40.4 Å². The molecule has 0 bridgehead atoms. The van der Waals surface area contributed by atoms with Crippen LogP contribution in [0.2, 0.25) is 0 Å². The van der Waals surface area contributed by atoms with Gasteiger partial charge in [-0.3, -0.25) is 14.4 Å². The largest absolute Gasteiger partial charge is 0.393 e. The van der Waals surface area contributed by atoms with E-state index in [0.29, 0.717) is 24.5 Å². The second kappa shape index (κ2) is 5.72.